The third-order valence-corrected chi connectivity index (χ3v) is 7.59. The molecule has 172 valence electrons. The number of carbonyl (C=O) groups is 1. The number of fused-ring (bicyclic) bond motifs is 4. The average Bonchev–Trinajstić information content (AvgIpc) is 3.17. The minimum atomic E-state index is -1.35. The second-order valence-corrected chi connectivity index (χ2v) is 9.71. The Morgan fingerprint density at radius 2 is 1.97 bits per heavy atom. The highest BCUT2D eigenvalue weighted by Gasteiger charge is 2.32. The third kappa shape index (κ3) is 3.26. The summed E-state index contributed by atoms with van der Waals surface area (Å²) in [5.41, 5.74) is 6.45. The van der Waals surface area contributed by atoms with Crippen molar-refractivity contribution in [2.75, 3.05) is 0 Å². The lowest BCUT2D eigenvalue weighted by Gasteiger charge is -2.21. The third-order valence-electron chi connectivity index (χ3n) is 7.59. The van der Waals surface area contributed by atoms with Crippen molar-refractivity contribution < 1.29 is 14.3 Å². The van der Waals surface area contributed by atoms with Crippen molar-refractivity contribution in [1.82, 2.24) is 9.55 Å². The number of aryl methyl sites for hydroxylation is 2. The number of halogens is 1. The molecule has 0 bridgehead atoms. The summed E-state index contributed by atoms with van der Waals surface area (Å²) in [7, 11) is 0. The van der Waals surface area contributed by atoms with E-state index in [0.717, 1.165) is 47.8 Å². The van der Waals surface area contributed by atoms with Crippen LogP contribution in [0, 0.1) is 18.7 Å². The van der Waals surface area contributed by atoms with Crippen LogP contribution in [0.5, 0.6) is 0 Å². The van der Waals surface area contributed by atoms with Crippen molar-refractivity contribution in [3.63, 3.8) is 0 Å². The fraction of sp³-hybridized carbons (Fsp3) is 0.444. The van der Waals surface area contributed by atoms with Crippen LogP contribution in [0.3, 0.4) is 0 Å². The second-order valence-electron chi connectivity index (χ2n) is 9.71. The predicted molar refractivity (Wildman–Crippen MR) is 126 cm³/mol. The lowest BCUT2D eigenvalue weighted by Crippen LogP contribution is -2.28. The number of benzene rings is 1. The van der Waals surface area contributed by atoms with Crippen molar-refractivity contribution in [3.05, 3.63) is 61.7 Å². The molecule has 2 unspecified atom stereocenters. The fourth-order valence-corrected chi connectivity index (χ4v) is 5.49. The summed E-state index contributed by atoms with van der Waals surface area (Å²) < 4.78 is 16.4. The number of aliphatic hydroxyl groups excluding tert-OH is 1. The maximum absolute atomic E-state index is 14.7. The van der Waals surface area contributed by atoms with Gasteiger partial charge in [-0.1, -0.05) is 20.3 Å². The number of rotatable bonds is 5. The van der Waals surface area contributed by atoms with Crippen LogP contribution in [0.15, 0.2) is 16.9 Å². The number of ketones is 1. The van der Waals surface area contributed by atoms with E-state index in [1.54, 1.807) is 10.6 Å². The molecule has 0 fully saturated rings. The van der Waals surface area contributed by atoms with E-state index in [1.807, 2.05) is 6.92 Å². The second kappa shape index (κ2) is 7.87. The Morgan fingerprint density at radius 3 is 2.67 bits per heavy atom. The molecule has 1 aromatic carbocycles. The van der Waals surface area contributed by atoms with Crippen molar-refractivity contribution in [3.8, 4) is 11.4 Å². The first kappa shape index (κ1) is 22.0. The Bertz CT molecular complexity index is 1390. The SMILES string of the molecule is CCC(C)Cc1c(C(O)C(C)=O)cc2n(c1=O)Cc1c-2nc2cc(F)c(C)c3c2c1CCC3. The smallest absolute Gasteiger partial charge is 0.254 e. The number of Topliss-reactive ketones (excluding diaryl/α,β-unsaturated/α-hetero) is 1. The molecule has 3 heterocycles. The molecule has 6 heteroatoms. The molecule has 0 radical (unpaired) electrons. The Hall–Kier alpha value is -2.86. The van der Waals surface area contributed by atoms with E-state index in [4.69, 9.17) is 4.98 Å². The van der Waals surface area contributed by atoms with Crippen LogP contribution in [0.2, 0.25) is 0 Å². The zero-order valence-corrected chi connectivity index (χ0v) is 19.6. The number of aliphatic hydroxyl groups is 1. The van der Waals surface area contributed by atoms with E-state index in [0.29, 0.717) is 46.6 Å². The van der Waals surface area contributed by atoms with Gasteiger partial charge in [-0.2, -0.15) is 0 Å². The normalized spacial score (nSPS) is 15.9. The van der Waals surface area contributed by atoms with Gasteiger partial charge < -0.3 is 9.67 Å². The molecular weight excluding hydrogens is 419 g/mol. The number of hydrogen-bond donors (Lipinski definition) is 1. The monoisotopic (exact) mass is 448 g/mol. The van der Waals surface area contributed by atoms with Gasteiger partial charge in [-0.05, 0) is 73.8 Å². The molecule has 0 saturated carbocycles. The van der Waals surface area contributed by atoms with Gasteiger partial charge in [0, 0.05) is 22.6 Å². The van der Waals surface area contributed by atoms with Crippen molar-refractivity contribution in [2.45, 2.75) is 72.4 Å². The Kier molecular flexibility index (Phi) is 5.24. The van der Waals surface area contributed by atoms with Crippen LogP contribution in [0.4, 0.5) is 4.39 Å². The maximum Gasteiger partial charge on any atom is 0.254 e. The Balaban J connectivity index is 1.80. The lowest BCUT2D eigenvalue weighted by atomic mass is 9.85. The van der Waals surface area contributed by atoms with Crippen LogP contribution in [-0.2, 0) is 30.6 Å². The van der Waals surface area contributed by atoms with Crippen LogP contribution in [0.25, 0.3) is 22.3 Å². The highest BCUT2D eigenvalue weighted by molar-refractivity contribution is 5.92. The molecule has 2 atom stereocenters. The molecule has 33 heavy (non-hydrogen) atoms. The van der Waals surface area contributed by atoms with Crippen molar-refractivity contribution >= 4 is 16.7 Å². The lowest BCUT2D eigenvalue weighted by molar-refractivity contribution is -0.125. The first-order chi connectivity index (χ1) is 15.7. The van der Waals surface area contributed by atoms with Gasteiger partial charge in [-0.25, -0.2) is 9.37 Å². The summed E-state index contributed by atoms with van der Waals surface area (Å²) in [6, 6.07) is 3.25. The molecule has 5 rings (SSSR count). The van der Waals surface area contributed by atoms with Gasteiger partial charge in [0.1, 0.15) is 11.9 Å². The topological polar surface area (TPSA) is 72.2 Å². The van der Waals surface area contributed by atoms with Crippen LogP contribution < -0.4 is 5.56 Å². The van der Waals surface area contributed by atoms with Crippen LogP contribution in [-0.4, -0.2) is 20.4 Å². The highest BCUT2D eigenvalue weighted by Crippen LogP contribution is 2.41. The highest BCUT2D eigenvalue weighted by atomic mass is 19.1. The first-order valence-electron chi connectivity index (χ1n) is 11.8. The number of carbonyl (C=O) groups excluding carboxylic acids is 1. The van der Waals surface area contributed by atoms with Gasteiger partial charge in [-0.3, -0.25) is 9.59 Å². The summed E-state index contributed by atoms with van der Waals surface area (Å²) in [5, 5.41) is 11.7. The summed E-state index contributed by atoms with van der Waals surface area (Å²) in [6.07, 6.45) is 2.67. The predicted octanol–water partition coefficient (Wildman–Crippen LogP) is 4.57. The van der Waals surface area contributed by atoms with E-state index >= 15 is 0 Å². The average molecular weight is 449 g/mol. The Morgan fingerprint density at radius 1 is 1.24 bits per heavy atom. The van der Waals surface area contributed by atoms with Crippen molar-refractivity contribution in [1.29, 1.82) is 0 Å². The zero-order valence-electron chi connectivity index (χ0n) is 19.6. The van der Waals surface area contributed by atoms with Gasteiger partial charge >= 0.3 is 0 Å². The van der Waals surface area contributed by atoms with Gasteiger partial charge in [0.05, 0.1) is 23.4 Å². The van der Waals surface area contributed by atoms with E-state index < -0.39 is 11.9 Å². The maximum atomic E-state index is 14.7. The van der Waals surface area contributed by atoms with Gasteiger partial charge in [0.2, 0.25) is 0 Å². The summed E-state index contributed by atoms with van der Waals surface area (Å²) in [5.74, 6) is -0.412. The van der Waals surface area contributed by atoms with Crippen LogP contribution in [0.1, 0.15) is 73.1 Å². The van der Waals surface area contributed by atoms with E-state index in [-0.39, 0.29) is 17.3 Å². The molecule has 0 saturated heterocycles. The standard InChI is InChI=1S/C27H29FN2O3/c1-5-13(2)9-19-18(26(32)15(4)31)10-23-25-20(12-30(23)27(19)33)17-8-6-7-16-14(3)21(28)11-22(29-25)24(16)17/h10-11,13,26,32H,5-9,12H2,1-4H3. The number of pyridine rings is 2. The summed E-state index contributed by atoms with van der Waals surface area (Å²) in [4.78, 5) is 30.6. The minimum absolute atomic E-state index is 0.171. The molecular formula is C27H29FN2O3. The van der Waals surface area contributed by atoms with E-state index in [1.165, 1.54) is 13.0 Å². The quantitative estimate of drug-likeness (QED) is 0.485. The van der Waals surface area contributed by atoms with E-state index in [2.05, 4.69) is 13.8 Å². The molecule has 1 N–H and O–H groups in total. The van der Waals surface area contributed by atoms with Gasteiger partial charge in [0.15, 0.2) is 5.78 Å². The summed E-state index contributed by atoms with van der Waals surface area (Å²) in [6.45, 7) is 7.70. The van der Waals surface area contributed by atoms with Gasteiger partial charge in [0.25, 0.3) is 5.56 Å². The molecule has 2 aromatic heterocycles. The molecule has 2 aliphatic rings. The largest absolute Gasteiger partial charge is 0.381 e. The Labute approximate surface area is 192 Å². The molecule has 0 amide bonds. The molecule has 1 aliphatic heterocycles. The molecule has 0 spiro atoms. The molecule has 3 aromatic rings. The molecule has 1 aliphatic carbocycles. The fourth-order valence-electron chi connectivity index (χ4n) is 5.49. The first-order valence-corrected chi connectivity index (χ1v) is 11.8. The van der Waals surface area contributed by atoms with Gasteiger partial charge in [-0.15, -0.1) is 0 Å². The van der Waals surface area contributed by atoms with Crippen molar-refractivity contribution in [2.24, 2.45) is 5.92 Å². The minimum Gasteiger partial charge on any atom is -0.381 e. The number of hydrogen-bond acceptors (Lipinski definition) is 4. The van der Waals surface area contributed by atoms with E-state index in [9.17, 15) is 19.1 Å². The number of aromatic nitrogens is 2. The van der Waals surface area contributed by atoms with Crippen LogP contribution >= 0.6 is 0 Å². The number of nitrogens with zero attached hydrogens (tertiary/aromatic N) is 2. The summed E-state index contributed by atoms with van der Waals surface area (Å²) >= 11 is 0. The molecule has 5 nitrogen and oxygen atoms in total. The zero-order chi connectivity index (χ0) is 23.6.